The van der Waals surface area contributed by atoms with E-state index in [-0.39, 0.29) is 11.8 Å². The number of anilines is 2. The number of benzene rings is 2. The second-order valence-corrected chi connectivity index (χ2v) is 5.88. The molecular weight excluding hydrogens is 336 g/mol. The molecule has 0 fully saturated rings. The van der Waals surface area contributed by atoms with E-state index < -0.39 is 0 Å². The van der Waals surface area contributed by atoms with Crippen molar-refractivity contribution in [1.29, 1.82) is 0 Å². The predicted octanol–water partition coefficient (Wildman–Crippen LogP) is 3.57. The molecule has 0 aliphatic carbocycles. The van der Waals surface area contributed by atoms with Crippen molar-refractivity contribution in [3.8, 4) is 22.4 Å². The molecule has 4 aromatic rings. The van der Waals surface area contributed by atoms with Crippen molar-refractivity contribution in [1.82, 2.24) is 19.9 Å². The van der Waals surface area contributed by atoms with Crippen LogP contribution < -0.4 is 11.5 Å². The summed E-state index contributed by atoms with van der Waals surface area (Å²) in [5.41, 5.74) is 16.0. The first-order valence-corrected chi connectivity index (χ1v) is 7.91. The number of fused-ring (bicyclic) bond motifs is 1. The Bertz CT molecular complexity index is 1080. The van der Waals surface area contributed by atoms with Gasteiger partial charge in [-0.2, -0.15) is 9.97 Å². The Balaban J connectivity index is 1.91. The maximum Gasteiger partial charge on any atom is 0.224 e. The maximum atomic E-state index is 5.99. The molecule has 0 atom stereocenters. The lowest BCUT2D eigenvalue weighted by molar-refractivity contribution is 1.17. The average molecular weight is 349 g/mol. The average Bonchev–Trinajstić information content (AvgIpc) is 2.62. The molecular formula is C18H13ClN6. The molecule has 0 saturated carbocycles. The molecule has 0 aliphatic rings. The van der Waals surface area contributed by atoms with Crippen LogP contribution in [-0.4, -0.2) is 19.9 Å². The van der Waals surface area contributed by atoms with Crippen molar-refractivity contribution in [2.75, 3.05) is 11.5 Å². The molecule has 0 saturated heterocycles. The van der Waals surface area contributed by atoms with Crippen LogP contribution in [0.3, 0.4) is 0 Å². The molecule has 0 amide bonds. The summed E-state index contributed by atoms with van der Waals surface area (Å²) in [6.45, 7) is 0. The van der Waals surface area contributed by atoms with Gasteiger partial charge in [-0.1, -0.05) is 48.0 Å². The van der Waals surface area contributed by atoms with Crippen molar-refractivity contribution in [3.63, 3.8) is 0 Å². The highest BCUT2D eigenvalue weighted by atomic mass is 35.5. The SMILES string of the molecule is Nc1nc(N)c2nc(-c3ccccc3-c3ccc(Cl)cc3)cnc2n1. The molecule has 0 radical (unpaired) electrons. The minimum absolute atomic E-state index is 0.0774. The zero-order valence-corrected chi connectivity index (χ0v) is 13.8. The van der Waals surface area contributed by atoms with E-state index in [0.29, 0.717) is 21.9 Å². The molecule has 2 heterocycles. The summed E-state index contributed by atoms with van der Waals surface area (Å²) in [6.07, 6.45) is 1.66. The Morgan fingerprint density at radius 1 is 0.800 bits per heavy atom. The minimum atomic E-state index is 0.0774. The van der Waals surface area contributed by atoms with Crippen LogP contribution in [0.5, 0.6) is 0 Å². The fraction of sp³-hybridized carbons (Fsp3) is 0. The van der Waals surface area contributed by atoms with Crippen molar-refractivity contribution in [2.45, 2.75) is 0 Å². The Kier molecular flexibility index (Phi) is 3.66. The normalized spacial score (nSPS) is 10.9. The predicted molar refractivity (Wildman–Crippen MR) is 99.8 cm³/mol. The standard InChI is InChI=1S/C18H13ClN6/c19-11-7-5-10(6-8-11)12-3-1-2-4-13(12)14-9-22-17-15(23-14)16(20)24-18(21)25-17/h1-9H,(H4,20,21,22,24,25). The van der Waals surface area contributed by atoms with E-state index in [1.807, 2.05) is 48.5 Å². The van der Waals surface area contributed by atoms with Crippen molar-refractivity contribution >= 4 is 34.5 Å². The van der Waals surface area contributed by atoms with E-state index >= 15 is 0 Å². The minimum Gasteiger partial charge on any atom is -0.382 e. The molecule has 122 valence electrons. The van der Waals surface area contributed by atoms with E-state index in [1.165, 1.54) is 0 Å². The topological polar surface area (TPSA) is 104 Å². The molecule has 2 aromatic carbocycles. The molecule has 6 nitrogen and oxygen atoms in total. The van der Waals surface area contributed by atoms with Gasteiger partial charge in [0.2, 0.25) is 5.95 Å². The Morgan fingerprint density at radius 2 is 1.52 bits per heavy atom. The molecule has 2 aromatic heterocycles. The van der Waals surface area contributed by atoms with Crippen LogP contribution in [0.25, 0.3) is 33.5 Å². The summed E-state index contributed by atoms with van der Waals surface area (Å²) in [7, 11) is 0. The van der Waals surface area contributed by atoms with Crippen LogP contribution in [0.15, 0.2) is 54.7 Å². The second kappa shape index (κ2) is 5.99. The first-order valence-electron chi connectivity index (χ1n) is 7.53. The Labute approximate surface area is 148 Å². The number of nitrogen functional groups attached to an aromatic ring is 2. The smallest absolute Gasteiger partial charge is 0.224 e. The monoisotopic (exact) mass is 348 g/mol. The van der Waals surface area contributed by atoms with Gasteiger partial charge in [0.1, 0.15) is 0 Å². The third kappa shape index (κ3) is 2.83. The molecule has 0 spiro atoms. The third-order valence-electron chi connectivity index (χ3n) is 3.81. The first-order chi connectivity index (χ1) is 12.1. The van der Waals surface area contributed by atoms with Gasteiger partial charge in [0, 0.05) is 10.6 Å². The van der Waals surface area contributed by atoms with Gasteiger partial charge in [-0.15, -0.1) is 0 Å². The van der Waals surface area contributed by atoms with Crippen LogP contribution in [0.2, 0.25) is 5.02 Å². The van der Waals surface area contributed by atoms with Gasteiger partial charge in [0.25, 0.3) is 0 Å². The highest BCUT2D eigenvalue weighted by molar-refractivity contribution is 6.30. The summed E-state index contributed by atoms with van der Waals surface area (Å²) < 4.78 is 0. The van der Waals surface area contributed by atoms with Gasteiger partial charge in [-0.05, 0) is 23.3 Å². The largest absolute Gasteiger partial charge is 0.382 e. The number of nitrogens with two attached hydrogens (primary N) is 2. The Hall–Kier alpha value is -3.25. The third-order valence-corrected chi connectivity index (χ3v) is 4.06. The van der Waals surface area contributed by atoms with Gasteiger partial charge < -0.3 is 11.5 Å². The highest BCUT2D eigenvalue weighted by Gasteiger charge is 2.12. The summed E-state index contributed by atoms with van der Waals surface area (Å²) in [5.74, 6) is 0.287. The van der Waals surface area contributed by atoms with Gasteiger partial charge in [0.15, 0.2) is 17.0 Å². The molecule has 4 N–H and O–H groups in total. The number of nitrogens with zero attached hydrogens (tertiary/aromatic N) is 4. The lowest BCUT2D eigenvalue weighted by Crippen LogP contribution is -2.03. The van der Waals surface area contributed by atoms with Gasteiger partial charge in [-0.3, -0.25) is 0 Å². The number of hydrogen-bond acceptors (Lipinski definition) is 6. The van der Waals surface area contributed by atoms with Crippen molar-refractivity contribution in [3.05, 3.63) is 59.8 Å². The van der Waals surface area contributed by atoms with Crippen LogP contribution in [0.4, 0.5) is 11.8 Å². The van der Waals surface area contributed by atoms with Gasteiger partial charge in [-0.25, -0.2) is 9.97 Å². The number of halogens is 1. The quantitative estimate of drug-likeness (QED) is 0.574. The fourth-order valence-electron chi connectivity index (χ4n) is 2.66. The van der Waals surface area contributed by atoms with Crippen LogP contribution in [-0.2, 0) is 0 Å². The Morgan fingerprint density at radius 3 is 2.28 bits per heavy atom. The second-order valence-electron chi connectivity index (χ2n) is 5.45. The summed E-state index contributed by atoms with van der Waals surface area (Å²) in [4.78, 5) is 16.9. The van der Waals surface area contributed by atoms with Crippen LogP contribution in [0, 0.1) is 0 Å². The zero-order chi connectivity index (χ0) is 17.4. The number of rotatable bonds is 2. The number of hydrogen-bond donors (Lipinski definition) is 2. The van der Waals surface area contributed by atoms with E-state index in [1.54, 1.807) is 6.20 Å². The van der Waals surface area contributed by atoms with Crippen LogP contribution >= 0.6 is 11.6 Å². The maximum absolute atomic E-state index is 5.99. The van der Waals surface area contributed by atoms with Crippen LogP contribution in [0.1, 0.15) is 0 Å². The van der Waals surface area contributed by atoms with E-state index in [4.69, 9.17) is 23.1 Å². The van der Waals surface area contributed by atoms with E-state index in [0.717, 1.165) is 16.7 Å². The molecule has 4 rings (SSSR count). The number of aromatic nitrogens is 4. The first kappa shape index (κ1) is 15.3. The fourth-order valence-corrected chi connectivity index (χ4v) is 2.79. The highest BCUT2D eigenvalue weighted by Crippen LogP contribution is 2.32. The lowest BCUT2D eigenvalue weighted by Gasteiger charge is -2.10. The van der Waals surface area contributed by atoms with E-state index in [2.05, 4.69) is 19.9 Å². The van der Waals surface area contributed by atoms with Crippen molar-refractivity contribution in [2.24, 2.45) is 0 Å². The zero-order valence-electron chi connectivity index (χ0n) is 13.0. The lowest BCUT2D eigenvalue weighted by atomic mass is 9.98. The van der Waals surface area contributed by atoms with Gasteiger partial charge >= 0.3 is 0 Å². The molecule has 25 heavy (non-hydrogen) atoms. The summed E-state index contributed by atoms with van der Waals surface area (Å²) >= 11 is 5.99. The molecule has 0 aliphatic heterocycles. The summed E-state index contributed by atoms with van der Waals surface area (Å²) in [5, 5.41) is 0.689. The molecule has 7 heteroatoms. The molecule has 0 bridgehead atoms. The van der Waals surface area contributed by atoms with E-state index in [9.17, 15) is 0 Å². The van der Waals surface area contributed by atoms with Crippen molar-refractivity contribution < 1.29 is 0 Å². The molecule has 0 unspecified atom stereocenters. The summed E-state index contributed by atoms with van der Waals surface area (Å²) in [6, 6.07) is 15.6. The van der Waals surface area contributed by atoms with Gasteiger partial charge in [0.05, 0.1) is 11.9 Å².